The van der Waals surface area contributed by atoms with Gasteiger partial charge in [0.15, 0.2) is 5.65 Å². The molecule has 0 amide bonds. The predicted octanol–water partition coefficient (Wildman–Crippen LogP) is 4.92. The van der Waals surface area contributed by atoms with Gasteiger partial charge < -0.3 is 11.5 Å². The summed E-state index contributed by atoms with van der Waals surface area (Å²) in [5.41, 5.74) is 18.3. The third-order valence-electron chi connectivity index (χ3n) is 6.86. The summed E-state index contributed by atoms with van der Waals surface area (Å²) in [6.45, 7) is 4.24. The van der Waals surface area contributed by atoms with Crippen molar-refractivity contribution in [3.63, 3.8) is 0 Å². The second kappa shape index (κ2) is 9.04. The van der Waals surface area contributed by atoms with Crippen LogP contribution in [0.4, 0.5) is 11.5 Å². The first-order chi connectivity index (χ1) is 18.3. The Balaban J connectivity index is 1.62. The number of rotatable bonds is 4. The molecule has 0 bridgehead atoms. The first-order valence-corrected chi connectivity index (χ1v) is 12.5. The van der Waals surface area contributed by atoms with E-state index in [0.29, 0.717) is 38.5 Å². The summed E-state index contributed by atoms with van der Waals surface area (Å²) < 4.78 is 3.54. The zero-order chi connectivity index (χ0) is 26.6. The number of nitrogens with two attached hydrogens (primary N) is 2. The molecule has 0 aliphatic carbocycles. The van der Waals surface area contributed by atoms with Crippen molar-refractivity contribution in [1.29, 1.82) is 0 Å². The molecule has 8 nitrogen and oxygen atoms in total. The number of nitrogens with zero attached hydrogens (tertiary/aromatic N) is 5. The lowest BCUT2D eigenvalue weighted by molar-refractivity contribution is 0.671. The van der Waals surface area contributed by atoms with E-state index < -0.39 is 0 Å². The van der Waals surface area contributed by atoms with Crippen LogP contribution in [0.3, 0.4) is 0 Å². The molecule has 4 N–H and O–H groups in total. The first-order valence-electron chi connectivity index (χ1n) is 12.1. The minimum Gasteiger partial charge on any atom is -0.398 e. The van der Waals surface area contributed by atoms with Gasteiger partial charge in [-0.2, -0.15) is 5.10 Å². The smallest absolute Gasteiger partial charge is 0.263 e. The number of fused-ring (bicyclic) bond motifs is 2. The van der Waals surface area contributed by atoms with E-state index in [1.54, 1.807) is 15.3 Å². The molecule has 0 unspecified atom stereocenters. The normalized spacial score (nSPS) is 11.4. The Bertz CT molecular complexity index is 1940. The topological polar surface area (TPSA) is 118 Å². The van der Waals surface area contributed by atoms with Gasteiger partial charge in [-0.1, -0.05) is 42.5 Å². The van der Waals surface area contributed by atoms with Crippen LogP contribution in [-0.4, -0.2) is 24.3 Å². The van der Waals surface area contributed by atoms with Gasteiger partial charge in [0.1, 0.15) is 17.8 Å². The second-order valence-corrected chi connectivity index (χ2v) is 9.82. The van der Waals surface area contributed by atoms with Crippen molar-refractivity contribution in [3.8, 4) is 16.9 Å². The highest BCUT2D eigenvalue weighted by Gasteiger charge is 2.20. The Kier molecular flexibility index (Phi) is 5.65. The lowest BCUT2D eigenvalue weighted by Gasteiger charge is -2.17. The molecule has 3 aromatic carbocycles. The van der Waals surface area contributed by atoms with Crippen LogP contribution in [-0.2, 0) is 6.54 Å². The maximum atomic E-state index is 14.0. The van der Waals surface area contributed by atoms with E-state index >= 15 is 0 Å². The lowest BCUT2D eigenvalue weighted by atomic mass is 10.1. The van der Waals surface area contributed by atoms with Crippen molar-refractivity contribution in [2.45, 2.75) is 25.3 Å². The highest BCUT2D eigenvalue weighted by Crippen LogP contribution is 2.33. The standard InChI is InChI=1S/C29H25N7OS/c1-16-6-3-4-9-22(16)36-20(12-18-8-5-7-17(2)24(18)29(36)37)14-35-28-25(27(31)32-15-33-28)26(34-35)19-10-11-21(30)23(38)13-19/h3-13,15,38H,14,30H2,1-2H3,(H2,31,32,33). The Morgan fingerprint density at radius 2 is 1.68 bits per heavy atom. The summed E-state index contributed by atoms with van der Waals surface area (Å²) in [6.07, 6.45) is 1.42. The molecular weight excluding hydrogens is 494 g/mol. The largest absolute Gasteiger partial charge is 0.398 e. The number of para-hydroxylation sites is 1. The minimum atomic E-state index is -0.0750. The average molecular weight is 520 g/mol. The van der Waals surface area contributed by atoms with E-state index in [2.05, 4.69) is 22.6 Å². The molecule has 6 aromatic rings. The van der Waals surface area contributed by atoms with Gasteiger partial charge >= 0.3 is 0 Å². The molecule has 0 saturated heterocycles. The third-order valence-corrected chi connectivity index (χ3v) is 7.25. The van der Waals surface area contributed by atoms with E-state index in [-0.39, 0.29) is 12.1 Å². The molecule has 0 atom stereocenters. The molecule has 38 heavy (non-hydrogen) atoms. The Labute approximate surface area is 224 Å². The van der Waals surface area contributed by atoms with Crippen molar-refractivity contribution >= 4 is 45.9 Å². The Morgan fingerprint density at radius 1 is 0.895 bits per heavy atom. The van der Waals surface area contributed by atoms with Gasteiger partial charge in [-0.05, 0) is 54.6 Å². The highest BCUT2D eigenvalue weighted by atomic mass is 32.1. The number of thiol groups is 1. The van der Waals surface area contributed by atoms with Crippen LogP contribution >= 0.6 is 12.6 Å². The second-order valence-electron chi connectivity index (χ2n) is 9.34. The van der Waals surface area contributed by atoms with E-state index in [9.17, 15) is 4.79 Å². The molecule has 3 heterocycles. The SMILES string of the molecule is Cc1ccccc1-n1c(Cn2nc(-c3ccc(N)c(S)c3)c3c(N)ncnc32)cc2cccc(C)c2c1=O. The van der Waals surface area contributed by atoms with Crippen LogP contribution in [0.25, 0.3) is 38.8 Å². The number of pyridine rings is 1. The van der Waals surface area contributed by atoms with Gasteiger partial charge in [0.2, 0.25) is 0 Å². The summed E-state index contributed by atoms with van der Waals surface area (Å²) in [7, 11) is 0. The predicted molar refractivity (Wildman–Crippen MR) is 155 cm³/mol. The van der Waals surface area contributed by atoms with Gasteiger partial charge in [0.25, 0.3) is 5.56 Å². The van der Waals surface area contributed by atoms with Crippen molar-refractivity contribution in [1.82, 2.24) is 24.3 Å². The molecule has 188 valence electrons. The number of benzene rings is 3. The number of aryl methyl sites for hydroxylation is 2. The summed E-state index contributed by atoms with van der Waals surface area (Å²) in [4.78, 5) is 23.4. The van der Waals surface area contributed by atoms with E-state index in [1.807, 2.05) is 74.5 Å². The van der Waals surface area contributed by atoms with Crippen molar-refractivity contribution in [2.75, 3.05) is 11.5 Å². The van der Waals surface area contributed by atoms with Crippen LogP contribution in [0, 0.1) is 13.8 Å². The number of hydrogen-bond donors (Lipinski definition) is 3. The third kappa shape index (κ3) is 3.79. The molecule has 0 radical (unpaired) electrons. The molecule has 0 aliphatic rings. The Hall–Kier alpha value is -4.63. The van der Waals surface area contributed by atoms with Crippen molar-refractivity contribution < 1.29 is 0 Å². The number of anilines is 2. The maximum Gasteiger partial charge on any atom is 0.263 e. The quantitative estimate of drug-likeness (QED) is 0.225. The molecule has 3 aromatic heterocycles. The van der Waals surface area contributed by atoms with Gasteiger partial charge in [-0.15, -0.1) is 12.6 Å². The fourth-order valence-electron chi connectivity index (χ4n) is 4.97. The van der Waals surface area contributed by atoms with Gasteiger partial charge in [-0.25, -0.2) is 14.6 Å². The molecule has 0 aliphatic heterocycles. The summed E-state index contributed by atoms with van der Waals surface area (Å²) in [5, 5.41) is 7.11. The van der Waals surface area contributed by atoms with E-state index in [1.165, 1.54) is 6.33 Å². The van der Waals surface area contributed by atoms with Crippen LogP contribution in [0.1, 0.15) is 16.8 Å². The van der Waals surface area contributed by atoms with Gasteiger partial charge in [0, 0.05) is 21.8 Å². The van der Waals surface area contributed by atoms with Crippen LogP contribution in [0.5, 0.6) is 0 Å². The molecule has 6 rings (SSSR count). The summed E-state index contributed by atoms with van der Waals surface area (Å²) >= 11 is 4.48. The minimum absolute atomic E-state index is 0.0750. The Morgan fingerprint density at radius 3 is 2.47 bits per heavy atom. The van der Waals surface area contributed by atoms with E-state index in [4.69, 9.17) is 16.6 Å². The number of nitrogen functional groups attached to an aromatic ring is 2. The zero-order valence-corrected chi connectivity index (χ0v) is 21.8. The molecule has 0 fully saturated rings. The van der Waals surface area contributed by atoms with Crippen molar-refractivity contribution in [2.24, 2.45) is 0 Å². The summed E-state index contributed by atoms with van der Waals surface area (Å²) in [6, 6.07) is 21.3. The average Bonchev–Trinajstić information content (AvgIpc) is 3.26. The van der Waals surface area contributed by atoms with E-state index in [0.717, 1.165) is 33.5 Å². The summed E-state index contributed by atoms with van der Waals surface area (Å²) in [5.74, 6) is 0.319. The lowest BCUT2D eigenvalue weighted by Crippen LogP contribution is -2.25. The molecular formula is C29H25N7OS. The van der Waals surface area contributed by atoms with Crippen LogP contribution in [0.15, 0.2) is 82.7 Å². The van der Waals surface area contributed by atoms with Gasteiger partial charge in [-0.3, -0.25) is 9.36 Å². The molecule has 0 spiro atoms. The molecule has 0 saturated carbocycles. The first kappa shape index (κ1) is 23.7. The monoisotopic (exact) mass is 519 g/mol. The fourth-order valence-corrected chi connectivity index (χ4v) is 5.18. The highest BCUT2D eigenvalue weighted by molar-refractivity contribution is 7.80. The van der Waals surface area contributed by atoms with Crippen LogP contribution in [0.2, 0.25) is 0 Å². The zero-order valence-electron chi connectivity index (χ0n) is 20.9. The number of aromatic nitrogens is 5. The van der Waals surface area contributed by atoms with Crippen LogP contribution < -0.4 is 17.0 Å². The van der Waals surface area contributed by atoms with Crippen molar-refractivity contribution in [3.05, 3.63) is 100 Å². The van der Waals surface area contributed by atoms with Gasteiger partial charge in [0.05, 0.1) is 23.0 Å². The number of hydrogen-bond acceptors (Lipinski definition) is 7. The fraction of sp³-hybridized carbons (Fsp3) is 0.103. The molecule has 9 heteroatoms. The maximum absolute atomic E-state index is 14.0.